The van der Waals surface area contributed by atoms with Crippen LogP contribution in [0.3, 0.4) is 0 Å². The van der Waals surface area contributed by atoms with E-state index in [2.05, 4.69) is 11.4 Å². The maximum Gasteiger partial charge on any atom is 0.231 e. The number of carbonyl (C=O) groups excluding carboxylic acids is 1. The van der Waals surface area contributed by atoms with Gasteiger partial charge in [0.05, 0.1) is 19.8 Å². The van der Waals surface area contributed by atoms with Crippen molar-refractivity contribution in [1.82, 2.24) is 5.32 Å². The Bertz CT molecular complexity index is 556. The lowest BCUT2D eigenvalue weighted by atomic mass is 10.0. The molecule has 6 nitrogen and oxygen atoms in total. The number of quaternary nitrogens is 1. The number of benzene rings is 1. The number of nitrogens with one attached hydrogen (secondary N) is 2. The van der Waals surface area contributed by atoms with Crippen molar-refractivity contribution in [3.63, 3.8) is 0 Å². The van der Waals surface area contributed by atoms with Crippen molar-refractivity contribution in [2.75, 3.05) is 39.6 Å². The predicted octanol–water partition coefficient (Wildman–Crippen LogP) is 0.144. The van der Waals surface area contributed by atoms with Crippen molar-refractivity contribution in [2.24, 2.45) is 5.92 Å². The Balaban J connectivity index is 1.77. The van der Waals surface area contributed by atoms with Crippen LogP contribution in [-0.4, -0.2) is 45.5 Å². The number of rotatable bonds is 5. The maximum absolute atomic E-state index is 12.0. The van der Waals surface area contributed by atoms with E-state index >= 15 is 0 Å². The standard InChI is InChI=1S/C17H24N2O4/c1-12(2)17(20)18-10-14(19-5-7-21-8-6-19)13-3-4-15-16(9-13)23-11-22-15/h3-4,9,12,14H,5-8,10-11H2,1-2H3,(H,18,20)/p+1/t14-/m0/s1. The highest BCUT2D eigenvalue weighted by Crippen LogP contribution is 2.33. The lowest BCUT2D eigenvalue weighted by Crippen LogP contribution is -3.15. The second-order valence-electron chi connectivity index (χ2n) is 6.34. The Morgan fingerprint density at radius 3 is 2.70 bits per heavy atom. The molecule has 0 aromatic heterocycles. The summed E-state index contributed by atoms with van der Waals surface area (Å²) in [6, 6.07) is 6.25. The smallest absolute Gasteiger partial charge is 0.231 e. The molecule has 0 spiro atoms. The van der Waals surface area contributed by atoms with Gasteiger partial charge < -0.3 is 24.4 Å². The van der Waals surface area contributed by atoms with Crippen molar-refractivity contribution in [2.45, 2.75) is 19.9 Å². The van der Waals surface area contributed by atoms with Gasteiger partial charge in [0.2, 0.25) is 12.7 Å². The van der Waals surface area contributed by atoms with Crippen LogP contribution in [0.2, 0.25) is 0 Å². The van der Waals surface area contributed by atoms with Gasteiger partial charge in [-0.25, -0.2) is 0 Å². The topological polar surface area (TPSA) is 61.2 Å². The Morgan fingerprint density at radius 1 is 1.22 bits per heavy atom. The summed E-state index contributed by atoms with van der Waals surface area (Å²) in [5.41, 5.74) is 1.16. The third kappa shape index (κ3) is 3.76. The van der Waals surface area contributed by atoms with Crippen LogP contribution in [0, 0.1) is 5.92 Å². The Labute approximate surface area is 136 Å². The van der Waals surface area contributed by atoms with Gasteiger partial charge in [0.25, 0.3) is 0 Å². The second-order valence-corrected chi connectivity index (χ2v) is 6.34. The molecule has 0 bridgehead atoms. The summed E-state index contributed by atoms with van der Waals surface area (Å²) in [6.07, 6.45) is 0. The molecule has 1 aromatic rings. The van der Waals surface area contributed by atoms with E-state index in [0.717, 1.165) is 43.4 Å². The fourth-order valence-electron chi connectivity index (χ4n) is 3.02. The van der Waals surface area contributed by atoms with Gasteiger partial charge in [-0.2, -0.15) is 0 Å². The molecule has 6 heteroatoms. The fraction of sp³-hybridized carbons (Fsp3) is 0.588. The summed E-state index contributed by atoms with van der Waals surface area (Å²) in [5, 5.41) is 3.07. The van der Waals surface area contributed by atoms with Crippen molar-refractivity contribution in [1.29, 1.82) is 0 Å². The van der Waals surface area contributed by atoms with Gasteiger partial charge in [-0.15, -0.1) is 0 Å². The second kappa shape index (κ2) is 7.19. The first kappa shape index (κ1) is 16.1. The molecule has 0 unspecified atom stereocenters. The van der Waals surface area contributed by atoms with Crippen LogP contribution in [0.4, 0.5) is 0 Å². The SMILES string of the molecule is CC(C)C(=O)NC[C@@H](c1ccc2c(c1)OCO2)[NH+]1CCOCC1. The van der Waals surface area contributed by atoms with Gasteiger partial charge in [-0.1, -0.05) is 13.8 Å². The van der Waals surface area contributed by atoms with Gasteiger partial charge in [0.1, 0.15) is 19.1 Å². The lowest BCUT2D eigenvalue weighted by molar-refractivity contribution is -0.937. The Kier molecular flexibility index (Phi) is 5.03. The number of morpholine rings is 1. The number of ether oxygens (including phenoxy) is 3. The number of hydrogen-bond donors (Lipinski definition) is 2. The van der Waals surface area contributed by atoms with Crippen molar-refractivity contribution in [3.05, 3.63) is 23.8 Å². The van der Waals surface area contributed by atoms with Gasteiger partial charge in [-0.3, -0.25) is 4.79 Å². The van der Waals surface area contributed by atoms with E-state index in [0.29, 0.717) is 6.54 Å². The molecule has 1 atom stereocenters. The highest BCUT2D eigenvalue weighted by Gasteiger charge is 2.28. The van der Waals surface area contributed by atoms with Crippen LogP contribution in [0.5, 0.6) is 11.5 Å². The molecule has 1 saturated heterocycles. The minimum atomic E-state index is -0.00732. The van der Waals surface area contributed by atoms with Gasteiger partial charge in [-0.05, 0) is 18.2 Å². The van der Waals surface area contributed by atoms with Crippen LogP contribution in [-0.2, 0) is 9.53 Å². The van der Waals surface area contributed by atoms with Crippen molar-refractivity contribution in [3.8, 4) is 11.5 Å². The van der Waals surface area contributed by atoms with E-state index in [4.69, 9.17) is 14.2 Å². The average Bonchev–Trinajstić information content (AvgIpc) is 3.03. The number of hydrogen-bond acceptors (Lipinski definition) is 4. The zero-order chi connectivity index (χ0) is 16.2. The molecular formula is C17H25N2O4+. The monoisotopic (exact) mass is 321 g/mol. The van der Waals surface area contributed by atoms with E-state index in [-0.39, 0.29) is 24.7 Å². The fourth-order valence-corrected chi connectivity index (χ4v) is 3.02. The van der Waals surface area contributed by atoms with Gasteiger partial charge in [0, 0.05) is 11.5 Å². The van der Waals surface area contributed by atoms with E-state index in [1.54, 1.807) is 0 Å². The minimum absolute atomic E-state index is 0.00732. The van der Waals surface area contributed by atoms with Crippen molar-refractivity contribution >= 4 is 5.91 Å². The third-order valence-electron chi connectivity index (χ3n) is 4.43. The number of carbonyl (C=O) groups is 1. The minimum Gasteiger partial charge on any atom is -0.454 e. The molecule has 23 heavy (non-hydrogen) atoms. The summed E-state index contributed by atoms with van der Waals surface area (Å²) in [7, 11) is 0. The Hall–Kier alpha value is -1.79. The summed E-state index contributed by atoms with van der Waals surface area (Å²) in [5.74, 6) is 1.65. The molecule has 126 valence electrons. The molecule has 0 saturated carbocycles. The first-order valence-corrected chi connectivity index (χ1v) is 8.24. The molecule has 3 rings (SSSR count). The quantitative estimate of drug-likeness (QED) is 0.810. The van der Waals surface area contributed by atoms with E-state index in [9.17, 15) is 4.79 Å². The zero-order valence-corrected chi connectivity index (χ0v) is 13.8. The summed E-state index contributed by atoms with van der Waals surface area (Å²) in [4.78, 5) is 13.4. The van der Waals surface area contributed by atoms with Gasteiger partial charge >= 0.3 is 0 Å². The van der Waals surface area contributed by atoms with Crippen LogP contribution in [0.1, 0.15) is 25.5 Å². The predicted molar refractivity (Wildman–Crippen MR) is 84.7 cm³/mol. The number of amides is 1. The van der Waals surface area contributed by atoms with E-state index < -0.39 is 0 Å². The molecule has 2 heterocycles. The van der Waals surface area contributed by atoms with Gasteiger partial charge in [0.15, 0.2) is 11.5 Å². The number of fused-ring (bicyclic) bond motifs is 1. The Morgan fingerprint density at radius 2 is 1.96 bits per heavy atom. The normalized spacial score (nSPS) is 18.9. The summed E-state index contributed by atoms with van der Waals surface area (Å²) >= 11 is 0. The van der Waals surface area contributed by atoms with Crippen LogP contribution < -0.4 is 19.7 Å². The molecular weight excluding hydrogens is 296 g/mol. The average molecular weight is 321 g/mol. The first-order valence-electron chi connectivity index (χ1n) is 8.24. The van der Waals surface area contributed by atoms with E-state index in [1.807, 2.05) is 26.0 Å². The maximum atomic E-state index is 12.0. The summed E-state index contributed by atoms with van der Waals surface area (Å²) < 4.78 is 16.4. The highest BCUT2D eigenvalue weighted by molar-refractivity contribution is 5.77. The molecule has 1 aromatic carbocycles. The molecule has 1 amide bonds. The zero-order valence-electron chi connectivity index (χ0n) is 13.8. The molecule has 1 fully saturated rings. The molecule has 2 aliphatic heterocycles. The lowest BCUT2D eigenvalue weighted by Gasteiger charge is -2.32. The first-order chi connectivity index (χ1) is 11.1. The van der Waals surface area contributed by atoms with Crippen LogP contribution in [0.15, 0.2) is 18.2 Å². The molecule has 2 N–H and O–H groups in total. The molecule has 2 aliphatic rings. The van der Waals surface area contributed by atoms with Crippen LogP contribution in [0.25, 0.3) is 0 Å². The van der Waals surface area contributed by atoms with E-state index in [1.165, 1.54) is 4.90 Å². The summed E-state index contributed by atoms with van der Waals surface area (Å²) in [6.45, 7) is 8.11. The molecule has 0 aliphatic carbocycles. The van der Waals surface area contributed by atoms with Crippen molar-refractivity contribution < 1.29 is 23.9 Å². The highest BCUT2D eigenvalue weighted by atomic mass is 16.7. The molecule has 0 radical (unpaired) electrons. The van der Waals surface area contributed by atoms with Crippen LogP contribution >= 0.6 is 0 Å². The largest absolute Gasteiger partial charge is 0.454 e. The third-order valence-corrected chi connectivity index (χ3v) is 4.43.